The van der Waals surface area contributed by atoms with E-state index in [4.69, 9.17) is 14.2 Å². The third-order valence-electron chi connectivity index (χ3n) is 8.70. The number of nitrogens with zero attached hydrogens (tertiary/aromatic N) is 1. The highest BCUT2D eigenvalue weighted by Gasteiger charge is 2.34. The number of likely N-dealkylation sites (tertiary alicyclic amines) is 1. The van der Waals surface area contributed by atoms with E-state index in [1.165, 1.54) is 27.8 Å². The molecule has 1 fully saturated rings. The van der Waals surface area contributed by atoms with Gasteiger partial charge >= 0.3 is 6.09 Å². The van der Waals surface area contributed by atoms with Gasteiger partial charge in [-0.1, -0.05) is 78.9 Å². The predicted molar refractivity (Wildman–Crippen MR) is 174 cm³/mol. The number of benzene rings is 4. The molecule has 2 aliphatic rings. The van der Waals surface area contributed by atoms with Crippen molar-refractivity contribution in [2.45, 2.75) is 64.1 Å². The normalized spacial score (nSPS) is 18.2. The molecule has 0 radical (unpaired) electrons. The molecule has 0 spiro atoms. The average Bonchev–Trinajstić information content (AvgIpc) is 3.01. The maximum atomic E-state index is 12.2. The SMILES string of the molecule is CC(C)(C)OC(=O)N1CC(CCOc2ccc([C@@H]3c4ccc(OCc5ccccc5)cc4CC[C@@H]3c3ccccc3)cc2)C1. The number of ether oxygens (including phenoxy) is 3. The van der Waals surface area contributed by atoms with Gasteiger partial charge in [0.1, 0.15) is 23.7 Å². The summed E-state index contributed by atoms with van der Waals surface area (Å²) >= 11 is 0. The molecule has 5 nitrogen and oxygen atoms in total. The molecule has 5 heteroatoms. The number of carbonyl (C=O) groups excluding carboxylic acids is 1. The number of fused-ring (bicyclic) bond motifs is 1. The molecule has 228 valence electrons. The van der Waals surface area contributed by atoms with E-state index in [0.29, 0.717) is 25.0 Å². The van der Waals surface area contributed by atoms with E-state index in [9.17, 15) is 4.79 Å². The number of aryl methyl sites for hydroxylation is 1. The van der Waals surface area contributed by atoms with Crippen LogP contribution in [-0.2, 0) is 17.8 Å². The first-order chi connectivity index (χ1) is 21.3. The topological polar surface area (TPSA) is 48.0 Å². The molecule has 1 heterocycles. The predicted octanol–water partition coefficient (Wildman–Crippen LogP) is 8.76. The summed E-state index contributed by atoms with van der Waals surface area (Å²) in [6, 6.07) is 36.6. The molecule has 0 aromatic heterocycles. The van der Waals surface area contributed by atoms with Crippen LogP contribution in [0.4, 0.5) is 4.79 Å². The molecule has 0 saturated carbocycles. The monoisotopic (exact) mass is 589 g/mol. The largest absolute Gasteiger partial charge is 0.494 e. The van der Waals surface area contributed by atoms with Crippen molar-refractivity contribution in [3.63, 3.8) is 0 Å². The van der Waals surface area contributed by atoms with E-state index in [1.807, 2.05) is 39.0 Å². The van der Waals surface area contributed by atoms with Crippen molar-refractivity contribution < 1.29 is 19.0 Å². The molecular formula is C39H43NO4. The van der Waals surface area contributed by atoms with Gasteiger partial charge in [-0.15, -0.1) is 0 Å². The summed E-state index contributed by atoms with van der Waals surface area (Å²) in [5.41, 5.74) is 6.15. The van der Waals surface area contributed by atoms with Crippen molar-refractivity contribution in [3.8, 4) is 11.5 Å². The number of carbonyl (C=O) groups is 1. The molecule has 4 aromatic carbocycles. The molecule has 0 N–H and O–H groups in total. The second kappa shape index (κ2) is 13.2. The molecule has 6 rings (SSSR count). The van der Waals surface area contributed by atoms with Crippen LogP contribution in [0.2, 0.25) is 0 Å². The van der Waals surface area contributed by atoms with Crippen LogP contribution in [0.3, 0.4) is 0 Å². The van der Waals surface area contributed by atoms with Gasteiger partial charge < -0.3 is 19.1 Å². The Labute approximate surface area is 261 Å². The van der Waals surface area contributed by atoms with Gasteiger partial charge in [-0.05, 0) is 104 Å². The molecule has 1 amide bonds. The average molecular weight is 590 g/mol. The van der Waals surface area contributed by atoms with Gasteiger partial charge in [0, 0.05) is 19.0 Å². The fourth-order valence-electron chi connectivity index (χ4n) is 6.44. The molecule has 44 heavy (non-hydrogen) atoms. The minimum absolute atomic E-state index is 0.223. The number of hydrogen-bond donors (Lipinski definition) is 0. The lowest BCUT2D eigenvalue weighted by atomic mass is 9.69. The van der Waals surface area contributed by atoms with Gasteiger partial charge in [0.2, 0.25) is 0 Å². The summed E-state index contributed by atoms with van der Waals surface area (Å²) in [5, 5.41) is 0. The van der Waals surface area contributed by atoms with Crippen molar-refractivity contribution in [1.29, 1.82) is 0 Å². The lowest BCUT2D eigenvalue weighted by Crippen LogP contribution is -2.51. The van der Waals surface area contributed by atoms with Gasteiger partial charge in [-0.3, -0.25) is 0 Å². The molecule has 1 saturated heterocycles. The molecule has 1 aliphatic carbocycles. The maximum absolute atomic E-state index is 12.2. The van der Waals surface area contributed by atoms with Crippen molar-refractivity contribution in [2.24, 2.45) is 5.92 Å². The molecule has 0 unspecified atom stereocenters. The summed E-state index contributed by atoms with van der Waals surface area (Å²) in [6.07, 6.45) is 2.81. The quantitative estimate of drug-likeness (QED) is 0.196. The van der Waals surface area contributed by atoms with Crippen molar-refractivity contribution in [2.75, 3.05) is 19.7 Å². The fourth-order valence-corrected chi connectivity index (χ4v) is 6.44. The summed E-state index contributed by atoms with van der Waals surface area (Å²) in [6.45, 7) is 8.37. The Kier molecular flexibility index (Phi) is 8.92. The maximum Gasteiger partial charge on any atom is 0.410 e. The van der Waals surface area contributed by atoms with Crippen LogP contribution in [0.15, 0.2) is 103 Å². The van der Waals surface area contributed by atoms with E-state index in [2.05, 4.69) is 84.9 Å². The van der Waals surface area contributed by atoms with Gasteiger partial charge in [-0.2, -0.15) is 0 Å². The van der Waals surface area contributed by atoms with Crippen molar-refractivity contribution in [1.82, 2.24) is 4.90 Å². The van der Waals surface area contributed by atoms with Gasteiger partial charge in [0.25, 0.3) is 0 Å². The third kappa shape index (κ3) is 7.27. The highest BCUT2D eigenvalue weighted by molar-refractivity contribution is 5.69. The van der Waals surface area contributed by atoms with Crippen LogP contribution in [0.25, 0.3) is 0 Å². The molecular weight excluding hydrogens is 546 g/mol. The van der Waals surface area contributed by atoms with Gasteiger partial charge in [0.05, 0.1) is 6.61 Å². The lowest BCUT2D eigenvalue weighted by Gasteiger charge is -2.39. The molecule has 4 aromatic rings. The van der Waals surface area contributed by atoms with Crippen LogP contribution in [0.1, 0.15) is 73.3 Å². The van der Waals surface area contributed by atoms with Gasteiger partial charge in [-0.25, -0.2) is 4.79 Å². The Morgan fingerprint density at radius 3 is 2.18 bits per heavy atom. The van der Waals surface area contributed by atoms with Crippen LogP contribution in [-0.4, -0.2) is 36.3 Å². The zero-order valence-corrected chi connectivity index (χ0v) is 26.1. The van der Waals surface area contributed by atoms with E-state index >= 15 is 0 Å². The highest BCUT2D eigenvalue weighted by atomic mass is 16.6. The number of rotatable bonds is 9. The Morgan fingerprint density at radius 1 is 0.795 bits per heavy atom. The second-order valence-electron chi connectivity index (χ2n) is 13.1. The second-order valence-corrected chi connectivity index (χ2v) is 13.1. The summed E-state index contributed by atoms with van der Waals surface area (Å²) in [7, 11) is 0. The third-order valence-corrected chi connectivity index (χ3v) is 8.70. The first-order valence-electron chi connectivity index (χ1n) is 15.9. The van der Waals surface area contributed by atoms with Gasteiger partial charge in [0.15, 0.2) is 0 Å². The molecule has 0 bridgehead atoms. The Balaban J connectivity index is 1.11. The zero-order valence-electron chi connectivity index (χ0n) is 26.1. The summed E-state index contributed by atoms with van der Waals surface area (Å²) in [4.78, 5) is 14.0. The number of amides is 1. The number of hydrogen-bond acceptors (Lipinski definition) is 4. The van der Waals surface area contributed by atoms with Crippen molar-refractivity contribution in [3.05, 3.63) is 131 Å². The van der Waals surface area contributed by atoms with Crippen LogP contribution < -0.4 is 9.47 Å². The minimum Gasteiger partial charge on any atom is -0.494 e. The van der Waals surface area contributed by atoms with Crippen LogP contribution in [0.5, 0.6) is 11.5 Å². The van der Waals surface area contributed by atoms with E-state index in [1.54, 1.807) is 4.90 Å². The molecule has 1 aliphatic heterocycles. The first-order valence-corrected chi connectivity index (χ1v) is 15.9. The fraction of sp³-hybridized carbons (Fsp3) is 0.359. The minimum atomic E-state index is -0.460. The molecule has 2 atom stereocenters. The van der Waals surface area contributed by atoms with E-state index in [0.717, 1.165) is 43.9 Å². The van der Waals surface area contributed by atoms with Crippen LogP contribution in [0, 0.1) is 5.92 Å². The zero-order chi connectivity index (χ0) is 30.5. The van der Waals surface area contributed by atoms with E-state index < -0.39 is 5.60 Å². The smallest absolute Gasteiger partial charge is 0.410 e. The van der Waals surface area contributed by atoms with Crippen molar-refractivity contribution >= 4 is 6.09 Å². The Morgan fingerprint density at radius 2 is 1.48 bits per heavy atom. The first kappa shape index (κ1) is 29.8. The Bertz CT molecular complexity index is 1520. The van der Waals surface area contributed by atoms with E-state index in [-0.39, 0.29) is 12.0 Å². The van der Waals surface area contributed by atoms with Crippen LogP contribution >= 0.6 is 0 Å². The standard InChI is InChI=1S/C39H43NO4/c1-39(2,3)44-38(41)40-25-29(26-40)22-23-42-33-17-14-31(15-18-33)37-35(30-12-8-5-9-13-30)20-16-32-24-34(19-21-36(32)37)43-27-28-10-6-4-7-11-28/h4-15,17-19,21,24,29,35,37H,16,20,22-23,25-27H2,1-3H3/t35-,37+/m1/s1. The summed E-state index contributed by atoms with van der Waals surface area (Å²) in [5.74, 6) is 2.92. The summed E-state index contributed by atoms with van der Waals surface area (Å²) < 4.78 is 17.8. The Hall–Kier alpha value is -4.25. The lowest BCUT2D eigenvalue weighted by molar-refractivity contribution is -0.00383. The highest BCUT2D eigenvalue weighted by Crippen LogP contribution is 2.47.